The van der Waals surface area contributed by atoms with E-state index < -0.39 is 0 Å². The molecule has 0 saturated heterocycles. The quantitative estimate of drug-likeness (QED) is 0.491. The van der Waals surface area contributed by atoms with Gasteiger partial charge in [-0.05, 0) is 49.5 Å². The Balaban J connectivity index is 1.61. The van der Waals surface area contributed by atoms with E-state index in [1.807, 2.05) is 42.5 Å². The highest BCUT2D eigenvalue weighted by Gasteiger charge is 2.11. The number of hydrogen-bond acceptors (Lipinski definition) is 5. The highest BCUT2D eigenvalue weighted by Crippen LogP contribution is 2.25. The molecule has 0 atom stereocenters. The number of amides is 1. The molecule has 0 aliphatic carbocycles. The zero-order chi connectivity index (χ0) is 21.9. The van der Waals surface area contributed by atoms with Crippen LogP contribution in [0.4, 0.5) is 5.69 Å². The van der Waals surface area contributed by atoms with E-state index in [1.54, 1.807) is 30.6 Å². The first kappa shape index (κ1) is 22.3. The maximum atomic E-state index is 12.8. The Kier molecular flexibility index (Phi) is 8.43. The van der Waals surface area contributed by atoms with Crippen LogP contribution < -0.4 is 14.8 Å². The lowest BCUT2D eigenvalue weighted by Crippen LogP contribution is -2.28. The fraction of sp³-hybridized carbons (Fsp3) is 0.280. The zero-order valence-electron chi connectivity index (χ0n) is 18.1. The van der Waals surface area contributed by atoms with Gasteiger partial charge in [-0.2, -0.15) is 0 Å². The molecule has 0 aliphatic heterocycles. The van der Waals surface area contributed by atoms with Gasteiger partial charge in [0, 0.05) is 30.1 Å². The van der Waals surface area contributed by atoms with E-state index in [1.165, 1.54) is 0 Å². The average Bonchev–Trinajstić information content (AvgIpc) is 2.82. The van der Waals surface area contributed by atoms with Gasteiger partial charge in [0.05, 0.1) is 5.69 Å². The molecule has 0 fully saturated rings. The zero-order valence-corrected chi connectivity index (χ0v) is 18.1. The van der Waals surface area contributed by atoms with E-state index in [4.69, 9.17) is 9.47 Å². The predicted molar refractivity (Wildman–Crippen MR) is 123 cm³/mol. The number of ether oxygens (including phenoxy) is 2. The van der Waals surface area contributed by atoms with Gasteiger partial charge in [0.15, 0.2) is 0 Å². The van der Waals surface area contributed by atoms with Gasteiger partial charge in [0.1, 0.15) is 24.7 Å². The summed E-state index contributed by atoms with van der Waals surface area (Å²) in [6.07, 6.45) is 3.48. The lowest BCUT2D eigenvalue weighted by molar-refractivity contribution is 0.102. The summed E-state index contributed by atoms with van der Waals surface area (Å²) in [5, 5.41) is 2.95. The number of nitrogens with zero attached hydrogens (tertiary/aromatic N) is 2. The maximum Gasteiger partial charge on any atom is 0.255 e. The molecule has 0 spiro atoms. The Morgan fingerprint density at radius 2 is 1.84 bits per heavy atom. The summed E-state index contributed by atoms with van der Waals surface area (Å²) < 4.78 is 11.7. The molecule has 6 heteroatoms. The summed E-state index contributed by atoms with van der Waals surface area (Å²) in [6, 6.07) is 18.4. The summed E-state index contributed by atoms with van der Waals surface area (Å²) in [7, 11) is 0. The van der Waals surface area contributed by atoms with Crippen molar-refractivity contribution in [2.75, 3.05) is 31.6 Å². The highest BCUT2D eigenvalue weighted by atomic mass is 16.5. The van der Waals surface area contributed by atoms with Gasteiger partial charge in [-0.3, -0.25) is 9.78 Å². The maximum absolute atomic E-state index is 12.8. The molecule has 0 saturated carbocycles. The molecule has 1 aromatic heterocycles. The van der Waals surface area contributed by atoms with Crippen LogP contribution in [0.2, 0.25) is 0 Å². The number of hydrogen-bond donors (Lipinski definition) is 1. The first-order valence-electron chi connectivity index (χ1n) is 10.6. The van der Waals surface area contributed by atoms with Crippen LogP contribution in [0.25, 0.3) is 0 Å². The first-order chi connectivity index (χ1) is 15.2. The summed E-state index contributed by atoms with van der Waals surface area (Å²) in [5.41, 5.74) is 2.13. The summed E-state index contributed by atoms with van der Waals surface area (Å²) >= 11 is 0. The van der Waals surface area contributed by atoms with Crippen molar-refractivity contribution in [3.63, 3.8) is 0 Å². The van der Waals surface area contributed by atoms with E-state index in [2.05, 4.69) is 29.0 Å². The van der Waals surface area contributed by atoms with Crippen molar-refractivity contribution in [3.8, 4) is 11.5 Å². The van der Waals surface area contributed by atoms with Crippen molar-refractivity contribution < 1.29 is 14.3 Å². The number of para-hydroxylation sites is 2. The van der Waals surface area contributed by atoms with E-state index >= 15 is 0 Å². The van der Waals surface area contributed by atoms with Gasteiger partial charge in [-0.25, -0.2) is 0 Å². The van der Waals surface area contributed by atoms with E-state index in [0.29, 0.717) is 36.0 Å². The van der Waals surface area contributed by atoms with Crippen LogP contribution in [0, 0.1) is 0 Å². The molecule has 0 radical (unpaired) electrons. The van der Waals surface area contributed by atoms with Crippen molar-refractivity contribution in [2.24, 2.45) is 0 Å². The number of carbonyl (C=O) groups is 1. The molecule has 0 aliphatic rings. The summed E-state index contributed by atoms with van der Waals surface area (Å²) in [6.45, 7) is 8.02. The number of pyridine rings is 1. The molecular weight excluding hydrogens is 390 g/mol. The normalized spacial score (nSPS) is 10.7. The highest BCUT2D eigenvalue weighted by molar-refractivity contribution is 6.05. The van der Waals surface area contributed by atoms with Crippen molar-refractivity contribution in [2.45, 2.75) is 20.5 Å². The second-order valence-electron chi connectivity index (χ2n) is 7.00. The Morgan fingerprint density at radius 1 is 1.00 bits per heavy atom. The predicted octanol–water partition coefficient (Wildman–Crippen LogP) is 4.63. The van der Waals surface area contributed by atoms with Gasteiger partial charge in [0.25, 0.3) is 5.91 Å². The van der Waals surface area contributed by atoms with E-state index in [9.17, 15) is 4.79 Å². The van der Waals surface area contributed by atoms with Crippen LogP contribution in [0.15, 0.2) is 73.1 Å². The van der Waals surface area contributed by atoms with Gasteiger partial charge < -0.3 is 19.7 Å². The Morgan fingerprint density at radius 3 is 2.61 bits per heavy atom. The molecule has 2 aromatic carbocycles. The second kappa shape index (κ2) is 11.7. The minimum absolute atomic E-state index is 0.216. The Labute approximate surface area is 183 Å². The monoisotopic (exact) mass is 419 g/mol. The third-order valence-electron chi connectivity index (χ3n) is 4.92. The lowest BCUT2D eigenvalue weighted by atomic mass is 10.2. The SMILES string of the molecule is CCN(CC)CCOc1ccccc1NC(=O)c1cccc(OCc2cccnc2)c1. The lowest BCUT2D eigenvalue weighted by Gasteiger charge is -2.19. The topological polar surface area (TPSA) is 63.7 Å². The fourth-order valence-electron chi connectivity index (χ4n) is 3.09. The number of rotatable bonds is 11. The first-order valence-corrected chi connectivity index (χ1v) is 10.6. The number of anilines is 1. The summed E-state index contributed by atoms with van der Waals surface area (Å²) in [5.74, 6) is 1.07. The smallest absolute Gasteiger partial charge is 0.255 e. The molecule has 1 N–H and O–H groups in total. The largest absolute Gasteiger partial charge is 0.490 e. The number of carbonyl (C=O) groups excluding carboxylic acids is 1. The number of aromatic nitrogens is 1. The van der Waals surface area contributed by atoms with Gasteiger partial charge >= 0.3 is 0 Å². The minimum atomic E-state index is -0.216. The van der Waals surface area contributed by atoms with Crippen LogP contribution in [-0.4, -0.2) is 42.0 Å². The molecule has 1 heterocycles. The number of benzene rings is 2. The molecule has 0 bridgehead atoms. The summed E-state index contributed by atoms with van der Waals surface area (Å²) in [4.78, 5) is 19.2. The molecule has 6 nitrogen and oxygen atoms in total. The van der Waals surface area contributed by atoms with E-state index in [0.717, 1.165) is 25.2 Å². The van der Waals surface area contributed by atoms with E-state index in [-0.39, 0.29) is 5.91 Å². The third kappa shape index (κ3) is 6.83. The molecule has 1 amide bonds. The van der Waals surface area contributed by atoms with Crippen LogP contribution in [0.5, 0.6) is 11.5 Å². The molecule has 31 heavy (non-hydrogen) atoms. The van der Waals surface area contributed by atoms with Gasteiger partial charge in [0.2, 0.25) is 0 Å². The average molecular weight is 420 g/mol. The molecular formula is C25H29N3O3. The molecule has 3 aromatic rings. The van der Waals surface area contributed by atoms with Crippen molar-refractivity contribution in [1.82, 2.24) is 9.88 Å². The number of nitrogens with one attached hydrogen (secondary N) is 1. The number of likely N-dealkylation sites (N-methyl/N-ethyl adjacent to an activating group) is 1. The van der Waals surface area contributed by atoms with Crippen LogP contribution in [0.1, 0.15) is 29.8 Å². The van der Waals surface area contributed by atoms with Crippen LogP contribution in [-0.2, 0) is 6.61 Å². The van der Waals surface area contributed by atoms with Crippen LogP contribution in [0.3, 0.4) is 0 Å². The van der Waals surface area contributed by atoms with Crippen molar-refractivity contribution in [3.05, 3.63) is 84.2 Å². The minimum Gasteiger partial charge on any atom is -0.490 e. The standard InChI is InChI=1S/C25H29N3O3/c1-3-28(4-2)15-16-30-24-13-6-5-12-23(24)27-25(29)21-10-7-11-22(17-21)31-19-20-9-8-14-26-18-20/h5-14,17-18H,3-4,15-16,19H2,1-2H3,(H,27,29). The van der Waals surface area contributed by atoms with Crippen LogP contribution >= 0.6 is 0 Å². The third-order valence-corrected chi connectivity index (χ3v) is 4.92. The molecule has 3 rings (SSSR count). The second-order valence-corrected chi connectivity index (χ2v) is 7.00. The van der Waals surface area contributed by atoms with Gasteiger partial charge in [-0.1, -0.05) is 38.1 Å². The van der Waals surface area contributed by atoms with Crippen molar-refractivity contribution in [1.29, 1.82) is 0 Å². The fourth-order valence-corrected chi connectivity index (χ4v) is 3.09. The molecule has 162 valence electrons. The Hall–Kier alpha value is -3.38. The van der Waals surface area contributed by atoms with Gasteiger partial charge in [-0.15, -0.1) is 0 Å². The van der Waals surface area contributed by atoms with Crippen molar-refractivity contribution >= 4 is 11.6 Å². The Bertz CT molecular complexity index is 959. The molecule has 0 unspecified atom stereocenters.